The molecule has 2 rings (SSSR count). The van der Waals surface area contributed by atoms with Crippen molar-refractivity contribution in [3.05, 3.63) is 74.7 Å². The van der Waals surface area contributed by atoms with Crippen molar-refractivity contribution in [3.63, 3.8) is 0 Å². The first-order valence-corrected chi connectivity index (χ1v) is 9.67. The topological polar surface area (TPSA) is 77.3 Å². The van der Waals surface area contributed by atoms with Crippen LogP contribution < -0.4 is 10.7 Å². The van der Waals surface area contributed by atoms with E-state index < -0.39 is 5.91 Å². The number of nitrogens with one attached hydrogen (secondary N) is 2. The molecule has 0 bridgehead atoms. The van der Waals surface area contributed by atoms with Crippen molar-refractivity contribution in [3.8, 4) is 6.07 Å². The highest BCUT2D eigenvalue weighted by Gasteiger charge is 2.15. The SMILES string of the molecule is CCS/C(Nc1ccccc1)=C(\C#N)C(=O)N/N=C\c1ccc(Cl)cc1Cl. The van der Waals surface area contributed by atoms with Gasteiger partial charge >= 0.3 is 0 Å². The average molecular weight is 419 g/mol. The molecule has 0 radical (unpaired) electrons. The molecule has 0 atom stereocenters. The number of thioether (sulfide) groups is 1. The summed E-state index contributed by atoms with van der Waals surface area (Å²) in [5.74, 6) is 0.0790. The van der Waals surface area contributed by atoms with Crippen LogP contribution in [0.25, 0.3) is 0 Å². The molecule has 138 valence electrons. The first-order chi connectivity index (χ1) is 13.0. The minimum Gasteiger partial charge on any atom is -0.349 e. The van der Waals surface area contributed by atoms with Gasteiger partial charge in [-0.25, -0.2) is 5.43 Å². The van der Waals surface area contributed by atoms with Crippen molar-refractivity contribution in [2.75, 3.05) is 11.1 Å². The van der Waals surface area contributed by atoms with Crippen molar-refractivity contribution in [1.82, 2.24) is 5.43 Å². The van der Waals surface area contributed by atoms with Gasteiger partial charge in [0, 0.05) is 16.3 Å². The summed E-state index contributed by atoms with van der Waals surface area (Å²) in [6.45, 7) is 1.94. The van der Waals surface area contributed by atoms with Gasteiger partial charge in [0.1, 0.15) is 11.6 Å². The number of benzene rings is 2. The zero-order valence-corrected chi connectivity index (χ0v) is 16.7. The van der Waals surface area contributed by atoms with E-state index in [2.05, 4.69) is 15.8 Å². The number of carbonyl (C=O) groups excluding carboxylic acids is 1. The smallest absolute Gasteiger partial charge is 0.284 e. The van der Waals surface area contributed by atoms with E-state index in [1.54, 1.807) is 18.2 Å². The Morgan fingerprint density at radius 3 is 2.63 bits per heavy atom. The van der Waals surface area contributed by atoms with Crippen molar-refractivity contribution in [2.24, 2.45) is 5.10 Å². The molecule has 0 fully saturated rings. The Hall–Kier alpha value is -2.46. The predicted molar refractivity (Wildman–Crippen MR) is 113 cm³/mol. The molecule has 0 saturated carbocycles. The molecule has 0 aromatic heterocycles. The molecule has 2 N–H and O–H groups in total. The maximum Gasteiger partial charge on any atom is 0.284 e. The summed E-state index contributed by atoms with van der Waals surface area (Å²) in [6, 6.07) is 16.2. The van der Waals surface area contributed by atoms with Crippen molar-refractivity contribution in [2.45, 2.75) is 6.92 Å². The molecule has 0 aliphatic rings. The maximum atomic E-state index is 12.4. The van der Waals surface area contributed by atoms with Crippen molar-refractivity contribution >= 4 is 52.8 Å². The lowest BCUT2D eigenvalue weighted by Gasteiger charge is -2.11. The van der Waals surface area contributed by atoms with E-state index in [0.717, 1.165) is 5.69 Å². The van der Waals surface area contributed by atoms with E-state index in [-0.39, 0.29) is 5.57 Å². The molecule has 0 saturated heterocycles. The fourth-order valence-corrected chi connectivity index (χ4v) is 3.21. The fraction of sp³-hybridized carbons (Fsp3) is 0.105. The summed E-state index contributed by atoms with van der Waals surface area (Å²) in [5, 5.41) is 17.8. The van der Waals surface area contributed by atoms with E-state index in [4.69, 9.17) is 23.2 Å². The molecular weight excluding hydrogens is 403 g/mol. The fourth-order valence-electron chi connectivity index (χ4n) is 1.99. The third kappa shape index (κ3) is 6.33. The van der Waals surface area contributed by atoms with Crippen LogP contribution in [0.3, 0.4) is 0 Å². The van der Waals surface area contributed by atoms with Crippen LogP contribution in [0.1, 0.15) is 12.5 Å². The highest BCUT2D eigenvalue weighted by molar-refractivity contribution is 8.03. The Balaban J connectivity index is 2.17. The van der Waals surface area contributed by atoms with E-state index in [1.807, 2.05) is 43.3 Å². The van der Waals surface area contributed by atoms with E-state index in [1.165, 1.54) is 18.0 Å². The Labute approximate surface area is 172 Å². The Kier molecular flexibility index (Phi) is 8.21. The predicted octanol–water partition coefficient (Wildman–Crippen LogP) is 5.04. The number of para-hydroxylation sites is 1. The number of hydrogen-bond donors (Lipinski definition) is 2. The van der Waals surface area contributed by atoms with Crippen LogP contribution in [0.2, 0.25) is 10.0 Å². The number of hydrazone groups is 1. The van der Waals surface area contributed by atoms with Gasteiger partial charge in [-0.05, 0) is 30.0 Å². The Bertz CT molecular complexity index is 908. The van der Waals surface area contributed by atoms with Gasteiger partial charge in [-0.1, -0.05) is 54.4 Å². The van der Waals surface area contributed by atoms with Crippen LogP contribution in [0.15, 0.2) is 64.2 Å². The van der Waals surface area contributed by atoms with Gasteiger partial charge in [-0.3, -0.25) is 4.79 Å². The highest BCUT2D eigenvalue weighted by atomic mass is 35.5. The van der Waals surface area contributed by atoms with Gasteiger partial charge in [0.25, 0.3) is 5.91 Å². The number of rotatable bonds is 7. The molecule has 8 heteroatoms. The number of hydrogen-bond acceptors (Lipinski definition) is 5. The van der Waals surface area contributed by atoms with Gasteiger partial charge < -0.3 is 5.32 Å². The van der Waals surface area contributed by atoms with Gasteiger partial charge in [0.2, 0.25) is 0 Å². The molecule has 0 aliphatic heterocycles. The van der Waals surface area contributed by atoms with Gasteiger partial charge in [0.05, 0.1) is 16.3 Å². The monoisotopic (exact) mass is 418 g/mol. The summed E-state index contributed by atoms with van der Waals surface area (Å²) in [6.07, 6.45) is 1.39. The first kappa shape index (κ1) is 20.8. The second kappa shape index (κ2) is 10.6. The largest absolute Gasteiger partial charge is 0.349 e. The third-order valence-corrected chi connectivity index (χ3v) is 4.66. The lowest BCUT2D eigenvalue weighted by Crippen LogP contribution is -2.21. The van der Waals surface area contributed by atoms with Crippen LogP contribution in [0.5, 0.6) is 0 Å². The molecule has 0 heterocycles. The lowest BCUT2D eigenvalue weighted by atomic mass is 10.2. The number of nitriles is 1. The Morgan fingerprint density at radius 2 is 2.00 bits per heavy atom. The number of anilines is 1. The van der Waals surface area contributed by atoms with Gasteiger partial charge in [-0.15, -0.1) is 11.8 Å². The van der Waals surface area contributed by atoms with Crippen LogP contribution in [-0.2, 0) is 4.79 Å². The number of nitrogens with zero attached hydrogens (tertiary/aromatic N) is 2. The molecule has 1 amide bonds. The van der Waals surface area contributed by atoms with E-state index in [9.17, 15) is 10.1 Å². The average Bonchev–Trinajstić information content (AvgIpc) is 2.65. The molecule has 0 unspecified atom stereocenters. The van der Waals surface area contributed by atoms with Crippen LogP contribution in [0.4, 0.5) is 5.69 Å². The first-order valence-electron chi connectivity index (χ1n) is 7.92. The molecule has 2 aromatic rings. The van der Waals surface area contributed by atoms with Crippen molar-refractivity contribution in [1.29, 1.82) is 5.26 Å². The summed E-state index contributed by atoms with van der Waals surface area (Å²) < 4.78 is 0. The summed E-state index contributed by atoms with van der Waals surface area (Å²) in [7, 11) is 0. The molecule has 27 heavy (non-hydrogen) atoms. The van der Waals surface area contributed by atoms with Gasteiger partial charge in [-0.2, -0.15) is 10.4 Å². The zero-order chi connectivity index (χ0) is 19.6. The minimum absolute atomic E-state index is 0.0509. The molecule has 0 aliphatic carbocycles. The molecule has 2 aromatic carbocycles. The van der Waals surface area contributed by atoms with Gasteiger partial charge in [0.15, 0.2) is 0 Å². The van der Waals surface area contributed by atoms with Crippen molar-refractivity contribution < 1.29 is 4.79 Å². The van der Waals surface area contributed by atoms with Crippen LogP contribution in [0, 0.1) is 11.3 Å². The second-order valence-electron chi connectivity index (χ2n) is 5.10. The molecule has 5 nitrogen and oxygen atoms in total. The zero-order valence-electron chi connectivity index (χ0n) is 14.4. The molecule has 0 spiro atoms. The number of halogens is 2. The number of carbonyl (C=O) groups is 1. The second-order valence-corrected chi connectivity index (χ2v) is 7.22. The number of amides is 1. The quantitative estimate of drug-likeness (QED) is 0.285. The summed E-state index contributed by atoms with van der Waals surface area (Å²) >= 11 is 13.3. The summed E-state index contributed by atoms with van der Waals surface area (Å²) in [4.78, 5) is 12.4. The maximum absolute atomic E-state index is 12.4. The van der Waals surface area contributed by atoms with E-state index >= 15 is 0 Å². The van der Waals surface area contributed by atoms with Crippen LogP contribution >= 0.6 is 35.0 Å². The normalized spacial score (nSPS) is 11.6. The van der Waals surface area contributed by atoms with Crippen LogP contribution in [-0.4, -0.2) is 17.9 Å². The van der Waals surface area contributed by atoms with E-state index in [0.29, 0.717) is 26.4 Å². The summed E-state index contributed by atoms with van der Waals surface area (Å²) in [5.41, 5.74) is 3.68. The molecular formula is C19H16Cl2N4OS. The standard InChI is InChI=1S/C19H16Cl2N4OS/c1-2-27-19(24-15-6-4-3-5-7-15)16(11-22)18(26)25-23-12-13-8-9-14(20)10-17(13)21/h3-10,12,24H,2H2,1H3,(H,25,26)/b19-16+,23-12-. The lowest BCUT2D eigenvalue weighted by molar-refractivity contribution is -0.117. The minimum atomic E-state index is -0.613. The highest BCUT2D eigenvalue weighted by Crippen LogP contribution is 2.23. The third-order valence-electron chi connectivity index (χ3n) is 3.22. The Morgan fingerprint density at radius 1 is 1.26 bits per heavy atom.